The van der Waals surface area contributed by atoms with Crippen LogP contribution in [0.1, 0.15) is 38.3 Å². The van der Waals surface area contributed by atoms with Crippen LogP contribution in [0.3, 0.4) is 0 Å². The number of hydrogen-bond donors (Lipinski definition) is 1. The van der Waals surface area contributed by atoms with Crippen molar-refractivity contribution in [3.63, 3.8) is 0 Å². The van der Waals surface area contributed by atoms with Crippen LogP contribution >= 0.6 is 23.2 Å². The van der Waals surface area contributed by atoms with E-state index < -0.39 is 28.5 Å². The van der Waals surface area contributed by atoms with Gasteiger partial charge in [-0.1, -0.05) is 66.5 Å². The lowest BCUT2D eigenvalue weighted by atomic mass is 10.1. The zero-order valence-electron chi connectivity index (χ0n) is 22.4. The summed E-state index contributed by atoms with van der Waals surface area (Å²) in [5.41, 5.74) is 1.54. The Hall–Kier alpha value is -3.07. The highest BCUT2D eigenvalue weighted by molar-refractivity contribution is 7.92. The molecule has 1 N–H and O–H groups in total. The number of carbonyl (C=O) groups excluding carboxylic acids is 2. The van der Waals surface area contributed by atoms with Gasteiger partial charge in [-0.05, 0) is 74.7 Å². The molecule has 0 saturated carbocycles. The Bertz CT molecular complexity index is 1420. The van der Waals surface area contributed by atoms with Gasteiger partial charge in [0.25, 0.3) is 10.0 Å². The van der Waals surface area contributed by atoms with Crippen molar-refractivity contribution in [2.24, 2.45) is 0 Å². The van der Waals surface area contributed by atoms with E-state index in [1.54, 1.807) is 74.5 Å². The van der Waals surface area contributed by atoms with Gasteiger partial charge in [-0.15, -0.1) is 0 Å². The summed E-state index contributed by atoms with van der Waals surface area (Å²) in [6.07, 6.45) is 0.320. The Morgan fingerprint density at radius 3 is 2.18 bits per heavy atom. The standard InChI is InChI=1S/C29H33Cl2N3O4S/c1-5-26(29(36)32-20(2)3)33(18-22-11-9-10-14-25(22)31)28(35)19-34(27-16-15-23(30)17-21(27)4)39(37,38)24-12-7-6-8-13-24/h6-17,20,26H,5,18-19H2,1-4H3,(H,32,36)/t26-/m0/s1. The van der Waals surface area contributed by atoms with Gasteiger partial charge in [-0.2, -0.15) is 0 Å². The van der Waals surface area contributed by atoms with E-state index in [-0.39, 0.29) is 23.4 Å². The zero-order chi connectivity index (χ0) is 28.7. The quantitative estimate of drug-likeness (QED) is 0.305. The fraction of sp³-hybridized carbons (Fsp3) is 0.310. The van der Waals surface area contributed by atoms with Crippen molar-refractivity contribution in [1.82, 2.24) is 10.2 Å². The van der Waals surface area contributed by atoms with Gasteiger partial charge in [0, 0.05) is 22.6 Å². The summed E-state index contributed by atoms with van der Waals surface area (Å²) in [4.78, 5) is 28.7. The molecule has 0 spiro atoms. The molecule has 3 aromatic rings. The molecule has 0 radical (unpaired) electrons. The lowest BCUT2D eigenvalue weighted by Crippen LogP contribution is -2.53. The molecule has 0 aliphatic rings. The number of rotatable bonds is 11. The van der Waals surface area contributed by atoms with Crippen molar-refractivity contribution >= 4 is 50.7 Å². The molecule has 10 heteroatoms. The smallest absolute Gasteiger partial charge is 0.264 e. The molecular weight excluding hydrogens is 557 g/mol. The third kappa shape index (κ3) is 7.53. The number of nitrogens with one attached hydrogen (secondary N) is 1. The molecule has 7 nitrogen and oxygen atoms in total. The van der Waals surface area contributed by atoms with E-state index in [4.69, 9.17) is 23.2 Å². The molecule has 2 amide bonds. The minimum Gasteiger partial charge on any atom is -0.352 e. The van der Waals surface area contributed by atoms with E-state index in [2.05, 4.69) is 5.32 Å². The number of sulfonamides is 1. The summed E-state index contributed by atoms with van der Waals surface area (Å²) >= 11 is 12.6. The van der Waals surface area contributed by atoms with Gasteiger partial charge in [0.1, 0.15) is 12.6 Å². The van der Waals surface area contributed by atoms with E-state index in [0.717, 1.165) is 4.31 Å². The molecule has 208 valence electrons. The average Bonchev–Trinajstić information content (AvgIpc) is 2.88. The number of amides is 2. The molecule has 1 atom stereocenters. The van der Waals surface area contributed by atoms with Crippen LogP contribution < -0.4 is 9.62 Å². The van der Waals surface area contributed by atoms with Gasteiger partial charge >= 0.3 is 0 Å². The molecule has 0 fully saturated rings. The summed E-state index contributed by atoms with van der Waals surface area (Å²) in [6, 6.07) is 18.8. The van der Waals surface area contributed by atoms with Crippen LogP contribution in [0, 0.1) is 6.92 Å². The molecule has 0 aromatic heterocycles. The third-order valence-electron chi connectivity index (χ3n) is 6.15. The molecule has 0 aliphatic carbocycles. The summed E-state index contributed by atoms with van der Waals surface area (Å²) < 4.78 is 28.8. The predicted octanol–water partition coefficient (Wildman–Crippen LogP) is 5.83. The van der Waals surface area contributed by atoms with Gasteiger partial charge in [0.05, 0.1) is 10.6 Å². The fourth-order valence-electron chi connectivity index (χ4n) is 4.24. The maximum atomic E-state index is 14.1. The van der Waals surface area contributed by atoms with Crippen molar-refractivity contribution in [2.75, 3.05) is 10.8 Å². The molecule has 0 unspecified atom stereocenters. The van der Waals surface area contributed by atoms with E-state index in [1.165, 1.54) is 17.0 Å². The average molecular weight is 591 g/mol. The number of carbonyl (C=O) groups is 2. The molecule has 0 saturated heterocycles. The second kappa shape index (κ2) is 13.3. The number of halogens is 2. The first kappa shape index (κ1) is 30.5. The first-order valence-electron chi connectivity index (χ1n) is 12.6. The SMILES string of the molecule is CC[C@@H](C(=O)NC(C)C)N(Cc1ccccc1Cl)C(=O)CN(c1ccc(Cl)cc1C)S(=O)(=O)c1ccccc1. The van der Waals surface area contributed by atoms with Crippen LogP contribution in [-0.4, -0.2) is 43.8 Å². The minimum atomic E-state index is -4.15. The minimum absolute atomic E-state index is 0.0291. The van der Waals surface area contributed by atoms with E-state index in [0.29, 0.717) is 33.3 Å². The zero-order valence-corrected chi connectivity index (χ0v) is 24.7. The number of nitrogens with zero attached hydrogens (tertiary/aromatic N) is 2. The summed E-state index contributed by atoms with van der Waals surface area (Å²) in [6.45, 7) is 6.70. The van der Waals surface area contributed by atoms with E-state index in [1.807, 2.05) is 13.8 Å². The Labute approximate surface area is 240 Å². The van der Waals surface area contributed by atoms with Crippen molar-refractivity contribution in [3.8, 4) is 0 Å². The Balaban J connectivity index is 2.10. The number of hydrogen-bond acceptors (Lipinski definition) is 4. The number of benzene rings is 3. The lowest BCUT2D eigenvalue weighted by Gasteiger charge is -2.34. The summed E-state index contributed by atoms with van der Waals surface area (Å²) in [5, 5.41) is 3.76. The van der Waals surface area contributed by atoms with Crippen LogP contribution in [-0.2, 0) is 26.2 Å². The predicted molar refractivity (Wildman–Crippen MR) is 157 cm³/mol. The Morgan fingerprint density at radius 2 is 1.59 bits per heavy atom. The first-order valence-corrected chi connectivity index (χ1v) is 14.8. The van der Waals surface area contributed by atoms with E-state index >= 15 is 0 Å². The molecule has 3 aromatic carbocycles. The summed E-state index contributed by atoms with van der Waals surface area (Å²) in [5.74, 6) is -0.873. The van der Waals surface area contributed by atoms with Crippen LogP contribution in [0.4, 0.5) is 5.69 Å². The maximum Gasteiger partial charge on any atom is 0.264 e. The third-order valence-corrected chi connectivity index (χ3v) is 8.53. The molecule has 0 aliphatic heterocycles. The molecule has 39 heavy (non-hydrogen) atoms. The first-order chi connectivity index (χ1) is 18.4. The molecule has 3 rings (SSSR count). The topological polar surface area (TPSA) is 86.8 Å². The second-order valence-corrected chi connectivity index (χ2v) is 12.2. The van der Waals surface area contributed by atoms with Gasteiger partial charge in [0.2, 0.25) is 11.8 Å². The van der Waals surface area contributed by atoms with Crippen molar-refractivity contribution in [3.05, 3.63) is 94.0 Å². The number of anilines is 1. The highest BCUT2D eigenvalue weighted by Crippen LogP contribution is 2.30. The van der Waals surface area contributed by atoms with Gasteiger partial charge < -0.3 is 10.2 Å². The monoisotopic (exact) mass is 589 g/mol. The van der Waals surface area contributed by atoms with E-state index in [9.17, 15) is 18.0 Å². The van der Waals surface area contributed by atoms with Crippen molar-refractivity contribution in [2.45, 2.75) is 57.6 Å². The highest BCUT2D eigenvalue weighted by Gasteiger charge is 2.34. The normalized spacial score (nSPS) is 12.2. The second-order valence-electron chi connectivity index (χ2n) is 9.46. The van der Waals surface area contributed by atoms with Crippen LogP contribution in [0.5, 0.6) is 0 Å². The van der Waals surface area contributed by atoms with Crippen LogP contribution in [0.25, 0.3) is 0 Å². The Kier molecular flexibility index (Phi) is 10.4. The highest BCUT2D eigenvalue weighted by atomic mass is 35.5. The van der Waals surface area contributed by atoms with Gasteiger partial charge in [-0.25, -0.2) is 8.42 Å². The van der Waals surface area contributed by atoms with Crippen molar-refractivity contribution in [1.29, 1.82) is 0 Å². The molecule has 0 heterocycles. The lowest BCUT2D eigenvalue weighted by molar-refractivity contribution is -0.140. The Morgan fingerprint density at radius 1 is 0.949 bits per heavy atom. The van der Waals surface area contributed by atoms with Crippen molar-refractivity contribution < 1.29 is 18.0 Å². The van der Waals surface area contributed by atoms with Crippen LogP contribution in [0.2, 0.25) is 10.0 Å². The van der Waals surface area contributed by atoms with Gasteiger partial charge in [-0.3, -0.25) is 13.9 Å². The maximum absolute atomic E-state index is 14.1. The summed E-state index contributed by atoms with van der Waals surface area (Å²) in [7, 11) is -4.15. The molecular formula is C29H33Cl2N3O4S. The fourth-order valence-corrected chi connectivity index (χ4v) is 6.16. The van der Waals surface area contributed by atoms with Crippen LogP contribution in [0.15, 0.2) is 77.7 Å². The largest absolute Gasteiger partial charge is 0.352 e. The van der Waals surface area contributed by atoms with Gasteiger partial charge in [0.15, 0.2) is 0 Å². The molecule has 0 bridgehead atoms. The number of aryl methyl sites for hydroxylation is 1.